The molecule has 2 rings (SSSR count). The molecular weight excluding hydrogens is 305 g/mol. The van der Waals surface area contributed by atoms with E-state index in [2.05, 4.69) is 6.92 Å². The van der Waals surface area contributed by atoms with Crippen LogP contribution in [0.1, 0.15) is 39.5 Å². The van der Waals surface area contributed by atoms with Gasteiger partial charge in [-0.3, -0.25) is 0 Å². The van der Waals surface area contributed by atoms with Gasteiger partial charge in [0, 0.05) is 22.9 Å². The van der Waals surface area contributed by atoms with Gasteiger partial charge in [-0.1, -0.05) is 24.6 Å². The minimum atomic E-state index is -2.94. The summed E-state index contributed by atoms with van der Waals surface area (Å²) in [7, 11) is 0. The van der Waals surface area contributed by atoms with Gasteiger partial charge in [0.1, 0.15) is 0 Å². The Morgan fingerprint density at radius 1 is 1.35 bits per heavy atom. The van der Waals surface area contributed by atoms with Crippen molar-refractivity contribution in [2.75, 3.05) is 0 Å². The molecule has 0 bridgehead atoms. The zero-order valence-corrected chi connectivity index (χ0v) is 13.2. The fourth-order valence-corrected chi connectivity index (χ4v) is 3.36. The van der Waals surface area contributed by atoms with Crippen molar-refractivity contribution in [3.8, 4) is 0 Å². The maximum atomic E-state index is 13.5. The van der Waals surface area contributed by atoms with Gasteiger partial charge in [-0.05, 0) is 37.7 Å². The van der Waals surface area contributed by atoms with Gasteiger partial charge in [-0.25, -0.2) is 8.78 Å². The number of halogens is 4. The molecule has 0 amide bonds. The highest BCUT2D eigenvalue weighted by molar-refractivity contribution is 6.32. The van der Waals surface area contributed by atoms with E-state index in [0.29, 0.717) is 12.3 Å². The summed E-state index contributed by atoms with van der Waals surface area (Å²) in [6, 6.07) is 0. The number of ether oxygens (including phenoxy) is 1. The maximum Gasteiger partial charge on any atom is 0.271 e. The van der Waals surface area contributed by atoms with Gasteiger partial charge in [0.15, 0.2) is 0 Å². The van der Waals surface area contributed by atoms with Crippen LogP contribution in [0.2, 0.25) is 0 Å². The van der Waals surface area contributed by atoms with Crippen molar-refractivity contribution in [3.05, 3.63) is 22.8 Å². The molecule has 0 aliphatic heterocycles. The lowest BCUT2D eigenvalue weighted by molar-refractivity contribution is -0.0145. The Bertz CT molecular complexity index is 415. The second-order valence-corrected chi connectivity index (χ2v) is 6.83. The first-order valence-corrected chi connectivity index (χ1v) is 7.84. The molecule has 4 unspecified atom stereocenters. The largest absolute Gasteiger partial charge is 0.371 e. The van der Waals surface area contributed by atoms with Crippen molar-refractivity contribution in [2.45, 2.75) is 63.0 Å². The zero-order valence-electron chi connectivity index (χ0n) is 11.7. The Morgan fingerprint density at radius 3 is 2.65 bits per heavy atom. The van der Waals surface area contributed by atoms with Crippen molar-refractivity contribution in [1.29, 1.82) is 0 Å². The SMILES string of the molecule is CC1CCC(OC2C=C(C(C)(F)F)C(Cl)=CC2)CC1Cl. The summed E-state index contributed by atoms with van der Waals surface area (Å²) in [5.41, 5.74) is -0.137. The summed E-state index contributed by atoms with van der Waals surface area (Å²) in [6.07, 6.45) is 6.06. The van der Waals surface area contributed by atoms with E-state index in [4.69, 9.17) is 27.9 Å². The molecule has 5 heteroatoms. The van der Waals surface area contributed by atoms with Crippen LogP contribution in [0.3, 0.4) is 0 Å². The number of alkyl halides is 3. The molecule has 0 aromatic carbocycles. The molecule has 0 N–H and O–H groups in total. The topological polar surface area (TPSA) is 9.23 Å². The monoisotopic (exact) mass is 324 g/mol. The summed E-state index contributed by atoms with van der Waals surface area (Å²) in [4.78, 5) is 0. The molecule has 20 heavy (non-hydrogen) atoms. The Balaban J connectivity index is 1.99. The fraction of sp³-hybridized carbons (Fsp3) is 0.733. The van der Waals surface area contributed by atoms with Crippen LogP contribution in [-0.4, -0.2) is 23.5 Å². The standard InChI is InChI=1S/C15H20Cl2F2O/c1-9-3-4-11(8-14(9)17)20-10-5-6-13(16)12(7-10)15(2,18)19/h6-7,9-11,14H,3-5,8H2,1-2H3. The van der Waals surface area contributed by atoms with Crippen LogP contribution in [0.4, 0.5) is 8.78 Å². The van der Waals surface area contributed by atoms with Crippen molar-refractivity contribution >= 4 is 23.2 Å². The number of hydrogen-bond donors (Lipinski definition) is 0. The first kappa shape index (κ1) is 16.3. The zero-order chi connectivity index (χ0) is 14.9. The lowest BCUT2D eigenvalue weighted by Gasteiger charge is -2.33. The van der Waals surface area contributed by atoms with Crippen molar-refractivity contribution in [1.82, 2.24) is 0 Å². The second-order valence-electron chi connectivity index (χ2n) is 5.86. The van der Waals surface area contributed by atoms with Crippen LogP contribution in [0.5, 0.6) is 0 Å². The van der Waals surface area contributed by atoms with Crippen LogP contribution >= 0.6 is 23.2 Å². The van der Waals surface area contributed by atoms with Gasteiger partial charge in [-0.15, -0.1) is 11.6 Å². The predicted octanol–water partition coefficient (Wildman–Crippen LogP) is 5.28. The van der Waals surface area contributed by atoms with E-state index in [1.807, 2.05) is 0 Å². The molecular formula is C15H20Cl2F2O. The highest BCUT2D eigenvalue weighted by Gasteiger charge is 2.34. The predicted molar refractivity (Wildman–Crippen MR) is 78.6 cm³/mol. The van der Waals surface area contributed by atoms with Crippen LogP contribution in [0, 0.1) is 5.92 Å². The van der Waals surface area contributed by atoms with Crippen LogP contribution in [0.15, 0.2) is 22.8 Å². The molecule has 1 nitrogen and oxygen atoms in total. The number of rotatable bonds is 3. The Morgan fingerprint density at radius 2 is 2.05 bits per heavy atom. The highest BCUT2D eigenvalue weighted by atomic mass is 35.5. The summed E-state index contributed by atoms with van der Waals surface area (Å²) < 4.78 is 32.8. The summed E-state index contributed by atoms with van der Waals surface area (Å²) in [5.74, 6) is -2.45. The summed E-state index contributed by atoms with van der Waals surface area (Å²) >= 11 is 12.1. The molecule has 2 aliphatic carbocycles. The molecule has 0 saturated heterocycles. The normalized spacial score (nSPS) is 35.5. The van der Waals surface area contributed by atoms with Gasteiger partial charge >= 0.3 is 0 Å². The van der Waals surface area contributed by atoms with Gasteiger partial charge < -0.3 is 4.74 Å². The fourth-order valence-electron chi connectivity index (χ4n) is 2.72. The third-order valence-electron chi connectivity index (χ3n) is 4.03. The average molecular weight is 325 g/mol. The first-order valence-electron chi connectivity index (χ1n) is 7.03. The molecule has 0 aromatic rings. The Kier molecular flexibility index (Phi) is 5.14. The summed E-state index contributed by atoms with van der Waals surface area (Å²) in [5, 5.41) is 0.234. The third kappa shape index (κ3) is 3.96. The van der Waals surface area contributed by atoms with E-state index in [1.54, 1.807) is 6.08 Å². The van der Waals surface area contributed by atoms with E-state index in [9.17, 15) is 8.78 Å². The minimum Gasteiger partial charge on any atom is -0.371 e. The van der Waals surface area contributed by atoms with Crippen LogP contribution in [0.25, 0.3) is 0 Å². The van der Waals surface area contributed by atoms with E-state index in [1.165, 1.54) is 6.08 Å². The van der Waals surface area contributed by atoms with E-state index in [0.717, 1.165) is 26.2 Å². The average Bonchev–Trinajstić information content (AvgIpc) is 2.35. The first-order chi connectivity index (χ1) is 9.27. The minimum absolute atomic E-state index is 0.0481. The quantitative estimate of drug-likeness (QED) is 0.642. The van der Waals surface area contributed by atoms with Gasteiger partial charge in [0.2, 0.25) is 0 Å². The highest BCUT2D eigenvalue weighted by Crippen LogP contribution is 2.37. The molecule has 2 aliphatic rings. The van der Waals surface area contributed by atoms with Crippen LogP contribution < -0.4 is 0 Å². The molecule has 0 aromatic heterocycles. The maximum absolute atomic E-state index is 13.5. The molecule has 0 radical (unpaired) electrons. The smallest absolute Gasteiger partial charge is 0.271 e. The Hall–Kier alpha value is -0.120. The molecule has 0 spiro atoms. The molecule has 4 atom stereocenters. The second kappa shape index (κ2) is 6.33. The van der Waals surface area contributed by atoms with Gasteiger partial charge in [-0.2, -0.15) is 0 Å². The van der Waals surface area contributed by atoms with E-state index < -0.39 is 5.92 Å². The molecule has 1 saturated carbocycles. The number of hydrogen-bond acceptors (Lipinski definition) is 1. The van der Waals surface area contributed by atoms with Crippen LogP contribution in [-0.2, 0) is 4.74 Å². The Labute approximate surface area is 129 Å². The van der Waals surface area contributed by atoms with Crippen molar-refractivity contribution in [2.24, 2.45) is 5.92 Å². The number of allylic oxidation sites excluding steroid dienone is 2. The third-order valence-corrected chi connectivity index (χ3v) is 5.00. The van der Waals surface area contributed by atoms with E-state index >= 15 is 0 Å². The lowest BCUT2D eigenvalue weighted by atomic mass is 9.88. The lowest BCUT2D eigenvalue weighted by Crippen LogP contribution is -2.32. The molecule has 1 fully saturated rings. The molecule has 114 valence electrons. The van der Waals surface area contributed by atoms with Crippen molar-refractivity contribution in [3.63, 3.8) is 0 Å². The van der Waals surface area contributed by atoms with Gasteiger partial charge in [0.25, 0.3) is 5.92 Å². The molecule has 0 heterocycles. The summed E-state index contributed by atoms with van der Waals surface area (Å²) in [6.45, 7) is 2.99. The van der Waals surface area contributed by atoms with Crippen molar-refractivity contribution < 1.29 is 13.5 Å². The van der Waals surface area contributed by atoms with E-state index in [-0.39, 0.29) is 28.2 Å². The van der Waals surface area contributed by atoms with Gasteiger partial charge in [0.05, 0.1) is 12.2 Å².